The number of sulfone groups is 1. The zero-order valence-corrected chi connectivity index (χ0v) is 17.2. The van der Waals surface area contributed by atoms with Crippen LogP contribution < -0.4 is 10.1 Å². The molecule has 0 bridgehead atoms. The maximum atomic E-state index is 13.5. The Kier molecular flexibility index (Phi) is 6.04. The van der Waals surface area contributed by atoms with E-state index >= 15 is 0 Å². The quantitative estimate of drug-likeness (QED) is 0.717. The van der Waals surface area contributed by atoms with E-state index in [0.29, 0.717) is 11.3 Å². The number of benzene rings is 2. The average Bonchev–Trinajstić information content (AvgIpc) is 3.15. The van der Waals surface area contributed by atoms with Gasteiger partial charge >= 0.3 is 5.97 Å². The second-order valence-electron chi connectivity index (χ2n) is 6.85. The van der Waals surface area contributed by atoms with Gasteiger partial charge in [-0.25, -0.2) is 8.42 Å². The van der Waals surface area contributed by atoms with Gasteiger partial charge in [0.2, 0.25) is 0 Å². The lowest BCUT2D eigenvalue weighted by atomic mass is 9.89. The first-order valence-electron chi connectivity index (χ1n) is 9.09. The Morgan fingerprint density at radius 2 is 1.59 bits per heavy atom. The summed E-state index contributed by atoms with van der Waals surface area (Å²) in [5.74, 6) is -1.58. The number of hydrogen-bond acceptors (Lipinski definition) is 7. The van der Waals surface area contributed by atoms with Gasteiger partial charge in [0.05, 0.1) is 25.0 Å². The number of Topliss-reactive ketones (excluding diaryl/α,β-unsaturated/α-hetero) is 1. The number of carbonyl (C=O) groups is 2. The molecule has 7 nitrogen and oxygen atoms in total. The number of ether oxygens (including phenoxy) is 2. The van der Waals surface area contributed by atoms with Crippen LogP contribution in [0, 0.1) is 5.92 Å². The van der Waals surface area contributed by atoms with Crippen molar-refractivity contribution in [2.45, 2.75) is 29.2 Å². The Morgan fingerprint density at radius 1 is 0.966 bits per heavy atom. The van der Waals surface area contributed by atoms with E-state index in [2.05, 4.69) is 5.32 Å². The lowest BCUT2D eigenvalue weighted by Crippen LogP contribution is -2.45. The second-order valence-corrected chi connectivity index (χ2v) is 8.95. The molecule has 154 valence electrons. The lowest BCUT2D eigenvalue weighted by Gasteiger charge is -2.24. The second kappa shape index (κ2) is 8.34. The van der Waals surface area contributed by atoms with E-state index in [1.807, 2.05) is 0 Å². The molecule has 0 amide bonds. The van der Waals surface area contributed by atoms with Crippen LogP contribution in [0.3, 0.4) is 0 Å². The van der Waals surface area contributed by atoms with E-state index in [1.165, 1.54) is 33.3 Å². The van der Waals surface area contributed by atoms with Gasteiger partial charge in [0.25, 0.3) is 0 Å². The van der Waals surface area contributed by atoms with Crippen molar-refractivity contribution in [1.82, 2.24) is 5.32 Å². The molecule has 1 aliphatic heterocycles. The van der Waals surface area contributed by atoms with Crippen molar-refractivity contribution >= 4 is 21.6 Å². The summed E-state index contributed by atoms with van der Waals surface area (Å²) in [6.07, 6.45) is 0. The number of ketones is 1. The molecule has 4 atom stereocenters. The van der Waals surface area contributed by atoms with Crippen molar-refractivity contribution in [2.24, 2.45) is 5.92 Å². The maximum Gasteiger partial charge on any atom is 0.324 e. The summed E-state index contributed by atoms with van der Waals surface area (Å²) in [6, 6.07) is 12.9. The number of rotatable bonds is 6. The molecule has 0 aromatic heterocycles. The van der Waals surface area contributed by atoms with Crippen LogP contribution >= 0.6 is 0 Å². The predicted molar refractivity (Wildman–Crippen MR) is 106 cm³/mol. The molecule has 8 heteroatoms. The number of esters is 1. The molecule has 0 aliphatic carbocycles. The molecule has 1 N–H and O–H groups in total. The van der Waals surface area contributed by atoms with Gasteiger partial charge in [-0.3, -0.25) is 14.9 Å². The molecule has 1 saturated heterocycles. The summed E-state index contributed by atoms with van der Waals surface area (Å²) in [6.45, 7) is 1.34. The summed E-state index contributed by atoms with van der Waals surface area (Å²) in [5.41, 5.74) is 0.606. The first kappa shape index (κ1) is 21.0. The number of carbonyl (C=O) groups excluding carboxylic acids is 2. The van der Waals surface area contributed by atoms with Crippen LogP contribution in [0.15, 0.2) is 59.5 Å². The van der Waals surface area contributed by atoms with Gasteiger partial charge in [0, 0.05) is 11.6 Å². The summed E-state index contributed by atoms with van der Waals surface area (Å²) >= 11 is 0. The third-order valence-corrected chi connectivity index (χ3v) is 7.44. The molecule has 3 rings (SSSR count). The van der Waals surface area contributed by atoms with Crippen LogP contribution in [0.5, 0.6) is 5.75 Å². The first-order chi connectivity index (χ1) is 13.8. The fourth-order valence-corrected chi connectivity index (χ4v) is 6.06. The van der Waals surface area contributed by atoms with Gasteiger partial charge in [-0.05, 0) is 25.1 Å². The van der Waals surface area contributed by atoms with E-state index in [9.17, 15) is 18.0 Å². The minimum absolute atomic E-state index is 0.0487. The summed E-state index contributed by atoms with van der Waals surface area (Å²) in [4.78, 5) is 25.2. The van der Waals surface area contributed by atoms with Crippen LogP contribution in [0.4, 0.5) is 0 Å². The molecule has 0 saturated carbocycles. The van der Waals surface area contributed by atoms with Gasteiger partial charge in [-0.15, -0.1) is 0 Å². The fraction of sp³-hybridized carbons (Fsp3) is 0.333. The molecule has 2 aromatic carbocycles. The Labute approximate surface area is 169 Å². The third kappa shape index (κ3) is 3.77. The van der Waals surface area contributed by atoms with Crippen molar-refractivity contribution in [3.05, 3.63) is 60.2 Å². The summed E-state index contributed by atoms with van der Waals surface area (Å²) in [5, 5.41) is 1.72. The highest BCUT2D eigenvalue weighted by molar-refractivity contribution is 7.92. The zero-order valence-electron chi connectivity index (χ0n) is 16.4. The molecule has 2 aromatic rings. The molecule has 1 heterocycles. The number of hydrogen-bond donors (Lipinski definition) is 1. The molecule has 29 heavy (non-hydrogen) atoms. The highest BCUT2D eigenvalue weighted by Gasteiger charge is 2.56. The van der Waals surface area contributed by atoms with Crippen LogP contribution in [-0.4, -0.2) is 45.7 Å². The predicted octanol–water partition coefficient (Wildman–Crippen LogP) is 1.93. The molecule has 1 fully saturated rings. The first-order valence-corrected chi connectivity index (χ1v) is 10.6. The standard InChI is InChI=1S/C21H23NO6S/c1-13(23)17-18(15-11-7-8-12-16(15)27-2)22-19(21(24)28-3)20(17)29(25,26)14-9-5-4-6-10-14/h4-12,17-20,22H,1-3H3/t17-,18-,19-,20+/m1/s1. The van der Waals surface area contributed by atoms with Crippen LogP contribution in [0.2, 0.25) is 0 Å². The normalized spacial score (nSPS) is 24.1. The summed E-state index contributed by atoms with van der Waals surface area (Å²) < 4.78 is 37.2. The zero-order chi connectivity index (χ0) is 21.2. The highest BCUT2D eigenvalue weighted by Crippen LogP contribution is 2.42. The monoisotopic (exact) mass is 417 g/mol. The van der Waals surface area contributed by atoms with Crippen molar-refractivity contribution in [3.8, 4) is 5.75 Å². The minimum Gasteiger partial charge on any atom is -0.496 e. The maximum absolute atomic E-state index is 13.5. The fourth-order valence-electron chi connectivity index (χ4n) is 3.93. The van der Waals surface area contributed by atoms with Gasteiger partial charge in [-0.2, -0.15) is 0 Å². The van der Waals surface area contributed by atoms with Crippen molar-refractivity contribution in [1.29, 1.82) is 0 Å². The Morgan fingerprint density at radius 3 is 2.17 bits per heavy atom. The Balaban J connectivity index is 2.18. The van der Waals surface area contributed by atoms with Crippen LogP contribution in [0.1, 0.15) is 18.5 Å². The van der Waals surface area contributed by atoms with Crippen molar-refractivity contribution in [3.63, 3.8) is 0 Å². The van der Waals surface area contributed by atoms with Crippen LogP contribution in [-0.2, 0) is 24.2 Å². The number of para-hydroxylation sites is 1. The molecule has 1 aliphatic rings. The van der Waals surface area contributed by atoms with Gasteiger partial charge in [0.15, 0.2) is 9.84 Å². The van der Waals surface area contributed by atoms with E-state index in [4.69, 9.17) is 9.47 Å². The van der Waals surface area contributed by atoms with E-state index in [1.54, 1.807) is 42.5 Å². The van der Waals surface area contributed by atoms with Gasteiger partial charge in [0.1, 0.15) is 22.8 Å². The van der Waals surface area contributed by atoms with Crippen LogP contribution in [0.25, 0.3) is 0 Å². The lowest BCUT2D eigenvalue weighted by molar-refractivity contribution is -0.142. The van der Waals surface area contributed by atoms with E-state index in [0.717, 1.165) is 0 Å². The third-order valence-electron chi connectivity index (χ3n) is 5.23. The largest absolute Gasteiger partial charge is 0.496 e. The van der Waals surface area contributed by atoms with E-state index in [-0.39, 0.29) is 10.7 Å². The summed E-state index contributed by atoms with van der Waals surface area (Å²) in [7, 11) is -1.34. The molecule has 0 radical (unpaired) electrons. The Hall–Kier alpha value is -2.71. The topological polar surface area (TPSA) is 98.8 Å². The van der Waals surface area contributed by atoms with Crippen molar-refractivity contribution < 1.29 is 27.5 Å². The van der Waals surface area contributed by atoms with Crippen molar-refractivity contribution in [2.75, 3.05) is 14.2 Å². The molecule has 0 spiro atoms. The number of methoxy groups -OCH3 is 2. The molecular formula is C21H23NO6S. The smallest absolute Gasteiger partial charge is 0.324 e. The SMILES string of the molecule is COC(=O)[C@@H]1N[C@H](c2ccccc2OC)[C@@H](C(C)=O)[C@@H]1S(=O)(=O)c1ccccc1. The minimum atomic E-state index is -4.02. The number of nitrogens with one attached hydrogen (secondary N) is 1. The van der Waals surface area contributed by atoms with E-state index < -0.39 is 39.1 Å². The van der Waals surface area contributed by atoms with Gasteiger partial charge in [-0.1, -0.05) is 36.4 Å². The van der Waals surface area contributed by atoms with Gasteiger partial charge < -0.3 is 9.47 Å². The average molecular weight is 417 g/mol. The molecular weight excluding hydrogens is 394 g/mol. The molecule has 0 unspecified atom stereocenters. The highest BCUT2D eigenvalue weighted by atomic mass is 32.2. The Bertz CT molecular complexity index is 1000.